The molecule has 0 radical (unpaired) electrons. The lowest BCUT2D eigenvalue weighted by Gasteiger charge is -2.29. The van der Waals surface area contributed by atoms with E-state index in [0.29, 0.717) is 12.0 Å². The van der Waals surface area contributed by atoms with Gasteiger partial charge in [0.2, 0.25) is 0 Å². The van der Waals surface area contributed by atoms with Crippen LogP contribution in [0.1, 0.15) is 43.3 Å². The maximum Gasteiger partial charge on any atom is 0.0954 e. The summed E-state index contributed by atoms with van der Waals surface area (Å²) in [7, 11) is 0. The van der Waals surface area contributed by atoms with Gasteiger partial charge in [0.15, 0.2) is 0 Å². The summed E-state index contributed by atoms with van der Waals surface area (Å²) in [4.78, 5) is 7.13. The Morgan fingerprint density at radius 2 is 2.19 bits per heavy atom. The molecule has 16 heavy (non-hydrogen) atoms. The molecule has 1 fully saturated rings. The fraction of sp³-hybridized carbons (Fsp3) is 0.750. The minimum Gasteiger partial charge on any atom is -0.328 e. The molecule has 2 N–H and O–H groups in total. The van der Waals surface area contributed by atoms with Gasteiger partial charge in [0.25, 0.3) is 0 Å². The molecule has 0 saturated carbocycles. The summed E-state index contributed by atoms with van der Waals surface area (Å²) in [5, 5.41) is 3.45. The molecule has 0 aliphatic carbocycles. The third-order valence-electron chi connectivity index (χ3n) is 3.08. The van der Waals surface area contributed by atoms with Crippen molar-refractivity contribution in [3.63, 3.8) is 0 Å². The van der Waals surface area contributed by atoms with E-state index in [2.05, 4.69) is 29.1 Å². The number of aromatic nitrogens is 1. The SMILES string of the molecule is CC(C)c1nc(CN2CCC(N)CC2)cs1. The Balaban J connectivity index is 1.88. The van der Waals surface area contributed by atoms with Crippen LogP contribution in [0.2, 0.25) is 0 Å². The molecule has 4 heteroatoms. The van der Waals surface area contributed by atoms with Crippen molar-refractivity contribution < 1.29 is 0 Å². The number of hydrogen-bond donors (Lipinski definition) is 1. The van der Waals surface area contributed by atoms with Crippen molar-refractivity contribution in [1.29, 1.82) is 0 Å². The number of rotatable bonds is 3. The number of thiazole rings is 1. The molecule has 0 unspecified atom stereocenters. The van der Waals surface area contributed by atoms with Gasteiger partial charge in [-0.2, -0.15) is 0 Å². The summed E-state index contributed by atoms with van der Waals surface area (Å²) >= 11 is 1.78. The van der Waals surface area contributed by atoms with E-state index >= 15 is 0 Å². The Kier molecular flexibility index (Phi) is 3.95. The number of hydrogen-bond acceptors (Lipinski definition) is 4. The van der Waals surface area contributed by atoms with Crippen LogP contribution in [0.25, 0.3) is 0 Å². The highest BCUT2D eigenvalue weighted by Crippen LogP contribution is 2.20. The molecule has 90 valence electrons. The van der Waals surface area contributed by atoms with Gasteiger partial charge in [0.05, 0.1) is 10.7 Å². The van der Waals surface area contributed by atoms with Crippen LogP contribution in [0.15, 0.2) is 5.38 Å². The van der Waals surface area contributed by atoms with Crippen molar-refractivity contribution in [3.8, 4) is 0 Å². The summed E-state index contributed by atoms with van der Waals surface area (Å²) < 4.78 is 0. The van der Waals surface area contributed by atoms with Crippen LogP contribution < -0.4 is 5.73 Å². The molecular weight excluding hydrogens is 218 g/mol. The van der Waals surface area contributed by atoms with E-state index in [1.165, 1.54) is 10.7 Å². The quantitative estimate of drug-likeness (QED) is 0.879. The van der Waals surface area contributed by atoms with Gasteiger partial charge in [-0.15, -0.1) is 11.3 Å². The number of nitrogens with two attached hydrogens (primary N) is 1. The smallest absolute Gasteiger partial charge is 0.0954 e. The Bertz CT molecular complexity index is 327. The molecule has 1 aromatic heterocycles. The average molecular weight is 239 g/mol. The summed E-state index contributed by atoms with van der Waals surface area (Å²) in [6.45, 7) is 7.63. The second-order valence-corrected chi connectivity index (χ2v) is 5.84. The molecule has 3 nitrogen and oxygen atoms in total. The van der Waals surface area contributed by atoms with E-state index in [4.69, 9.17) is 5.73 Å². The topological polar surface area (TPSA) is 42.2 Å². The first-order valence-corrected chi connectivity index (χ1v) is 6.95. The van der Waals surface area contributed by atoms with Gasteiger partial charge >= 0.3 is 0 Å². The highest BCUT2D eigenvalue weighted by atomic mass is 32.1. The van der Waals surface area contributed by atoms with Crippen LogP contribution >= 0.6 is 11.3 Å². The lowest BCUT2D eigenvalue weighted by Crippen LogP contribution is -2.39. The van der Waals surface area contributed by atoms with E-state index in [1.807, 2.05) is 0 Å². The van der Waals surface area contributed by atoms with Crippen molar-refractivity contribution in [2.45, 2.75) is 45.2 Å². The number of likely N-dealkylation sites (tertiary alicyclic amines) is 1. The van der Waals surface area contributed by atoms with E-state index in [-0.39, 0.29) is 0 Å². The summed E-state index contributed by atoms with van der Waals surface area (Å²) in [6, 6.07) is 0.415. The first kappa shape index (κ1) is 12.0. The van der Waals surface area contributed by atoms with E-state index < -0.39 is 0 Å². The zero-order valence-corrected chi connectivity index (χ0v) is 11.0. The van der Waals surface area contributed by atoms with Crippen LogP contribution in [-0.2, 0) is 6.54 Å². The van der Waals surface area contributed by atoms with Crippen molar-refractivity contribution in [1.82, 2.24) is 9.88 Å². The van der Waals surface area contributed by atoms with Gasteiger partial charge in [-0.25, -0.2) is 4.98 Å². The molecule has 0 amide bonds. The second-order valence-electron chi connectivity index (χ2n) is 4.95. The largest absolute Gasteiger partial charge is 0.328 e. The maximum atomic E-state index is 5.89. The van der Waals surface area contributed by atoms with Crippen molar-refractivity contribution in [3.05, 3.63) is 16.1 Å². The molecule has 1 saturated heterocycles. The molecule has 0 atom stereocenters. The molecule has 2 rings (SSSR count). The van der Waals surface area contributed by atoms with Gasteiger partial charge in [-0.1, -0.05) is 13.8 Å². The van der Waals surface area contributed by atoms with Gasteiger partial charge in [-0.05, 0) is 12.8 Å². The highest BCUT2D eigenvalue weighted by molar-refractivity contribution is 7.09. The summed E-state index contributed by atoms with van der Waals surface area (Å²) in [6.07, 6.45) is 2.25. The van der Waals surface area contributed by atoms with Crippen molar-refractivity contribution >= 4 is 11.3 Å². The summed E-state index contributed by atoms with van der Waals surface area (Å²) in [5.74, 6) is 0.550. The van der Waals surface area contributed by atoms with Crippen LogP contribution in [0.5, 0.6) is 0 Å². The highest BCUT2D eigenvalue weighted by Gasteiger charge is 2.17. The maximum absolute atomic E-state index is 5.89. The lowest BCUT2D eigenvalue weighted by atomic mass is 10.1. The van der Waals surface area contributed by atoms with Crippen molar-refractivity contribution in [2.75, 3.05) is 13.1 Å². The molecular formula is C12H21N3S. The third-order valence-corrected chi connectivity index (χ3v) is 4.28. The van der Waals surface area contributed by atoms with Gasteiger partial charge in [0, 0.05) is 37.0 Å². The van der Waals surface area contributed by atoms with Gasteiger partial charge in [0.1, 0.15) is 0 Å². The zero-order chi connectivity index (χ0) is 11.5. The summed E-state index contributed by atoms with van der Waals surface area (Å²) in [5.41, 5.74) is 7.12. The zero-order valence-electron chi connectivity index (χ0n) is 10.1. The first-order valence-electron chi connectivity index (χ1n) is 6.07. The predicted octanol–water partition coefficient (Wildman–Crippen LogP) is 2.19. The molecule has 0 aromatic carbocycles. The van der Waals surface area contributed by atoms with Crippen LogP contribution in [0.3, 0.4) is 0 Å². The molecule has 1 aromatic rings. The average Bonchev–Trinajstić information content (AvgIpc) is 2.70. The Morgan fingerprint density at radius 1 is 1.50 bits per heavy atom. The molecule has 1 aliphatic rings. The molecule has 0 bridgehead atoms. The van der Waals surface area contributed by atoms with Crippen LogP contribution in [0, 0.1) is 0 Å². The molecule has 2 heterocycles. The third kappa shape index (κ3) is 3.03. The monoisotopic (exact) mass is 239 g/mol. The number of piperidine rings is 1. The Hall–Kier alpha value is -0.450. The Labute approximate surface area is 102 Å². The Morgan fingerprint density at radius 3 is 2.75 bits per heavy atom. The fourth-order valence-corrected chi connectivity index (χ4v) is 2.83. The van der Waals surface area contributed by atoms with Gasteiger partial charge in [-0.3, -0.25) is 4.90 Å². The standard InChI is InChI=1S/C12H21N3S/c1-9(2)12-14-11(8-16-12)7-15-5-3-10(13)4-6-15/h8-10H,3-7,13H2,1-2H3. The number of nitrogens with zero attached hydrogens (tertiary/aromatic N) is 2. The van der Waals surface area contributed by atoms with Crippen LogP contribution in [0.4, 0.5) is 0 Å². The molecule has 0 spiro atoms. The van der Waals surface area contributed by atoms with Crippen molar-refractivity contribution in [2.24, 2.45) is 5.73 Å². The van der Waals surface area contributed by atoms with Crippen LogP contribution in [-0.4, -0.2) is 29.0 Å². The minimum absolute atomic E-state index is 0.415. The predicted molar refractivity (Wildman–Crippen MR) is 68.7 cm³/mol. The van der Waals surface area contributed by atoms with E-state index in [1.54, 1.807) is 11.3 Å². The molecule has 1 aliphatic heterocycles. The second kappa shape index (κ2) is 5.25. The lowest BCUT2D eigenvalue weighted by molar-refractivity contribution is 0.204. The minimum atomic E-state index is 0.415. The van der Waals surface area contributed by atoms with Gasteiger partial charge < -0.3 is 5.73 Å². The van der Waals surface area contributed by atoms with E-state index in [0.717, 1.165) is 32.5 Å². The fourth-order valence-electron chi connectivity index (χ4n) is 2.00. The normalized spacial score (nSPS) is 19.5. The van der Waals surface area contributed by atoms with E-state index in [9.17, 15) is 0 Å². The first-order chi connectivity index (χ1) is 7.65.